The lowest BCUT2D eigenvalue weighted by Crippen LogP contribution is -2.54. The molecule has 0 bridgehead atoms. The largest absolute Gasteiger partial charge is 0.573 e. The third-order valence-corrected chi connectivity index (χ3v) is 8.61. The molecule has 1 unspecified atom stereocenters. The Morgan fingerprint density at radius 2 is 1.59 bits per heavy atom. The number of ether oxygens (including phenoxy) is 3. The van der Waals surface area contributed by atoms with E-state index in [9.17, 15) is 32.3 Å². The van der Waals surface area contributed by atoms with Crippen LogP contribution in [-0.4, -0.2) is 77.3 Å². The van der Waals surface area contributed by atoms with Gasteiger partial charge in [0.1, 0.15) is 29.7 Å². The highest BCUT2D eigenvalue weighted by Gasteiger charge is 2.45. The van der Waals surface area contributed by atoms with Gasteiger partial charge in [-0.1, -0.05) is 18.2 Å². The minimum atomic E-state index is -4.76. The second kappa shape index (κ2) is 17.2. The van der Waals surface area contributed by atoms with Crippen LogP contribution in [0, 0.1) is 0 Å². The first-order chi connectivity index (χ1) is 26.1. The van der Waals surface area contributed by atoms with Crippen LogP contribution >= 0.6 is 0 Å². The number of carbonyl (C=O) groups excluding carboxylic acids is 4. The first-order valence-electron chi connectivity index (χ1n) is 17.4. The summed E-state index contributed by atoms with van der Waals surface area (Å²) in [6.07, 6.45) is -0.0746. The Balaban J connectivity index is 0.865. The van der Waals surface area contributed by atoms with Gasteiger partial charge in [0.05, 0.1) is 23.4 Å². The minimum Gasteiger partial charge on any atom is -0.494 e. The first kappa shape index (κ1) is 37.7. The van der Waals surface area contributed by atoms with Crippen LogP contribution in [0.4, 0.5) is 30.4 Å². The molecule has 3 heterocycles. The van der Waals surface area contributed by atoms with Gasteiger partial charge >= 0.3 is 6.36 Å². The molecule has 1 saturated heterocycles. The molecule has 1 aromatic heterocycles. The van der Waals surface area contributed by atoms with Crippen molar-refractivity contribution in [1.82, 2.24) is 20.2 Å². The predicted octanol–water partition coefficient (Wildman–Crippen LogP) is 6.25. The number of hydrogen-bond donors (Lipinski definition) is 3. The van der Waals surface area contributed by atoms with Gasteiger partial charge < -0.3 is 24.8 Å². The number of nitrogens with one attached hydrogen (secondary N) is 3. The number of imide groups is 2. The smallest absolute Gasteiger partial charge is 0.494 e. The van der Waals surface area contributed by atoms with Gasteiger partial charge in [0, 0.05) is 49.2 Å². The number of carbonyl (C=O) groups is 4. The Labute approximate surface area is 308 Å². The second-order valence-corrected chi connectivity index (χ2v) is 12.5. The van der Waals surface area contributed by atoms with Crippen molar-refractivity contribution in [2.24, 2.45) is 0 Å². The van der Waals surface area contributed by atoms with Gasteiger partial charge in [-0.05, 0) is 80.6 Å². The van der Waals surface area contributed by atoms with Gasteiger partial charge in [-0.3, -0.25) is 29.4 Å². The van der Waals surface area contributed by atoms with E-state index in [-0.39, 0.29) is 29.7 Å². The van der Waals surface area contributed by atoms with Crippen LogP contribution in [-0.2, 0) is 14.3 Å². The molecular formula is C38H37F3N6O7. The van der Waals surface area contributed by atoms with Crippen molar-refractivity contribution in [2.45, 2.75) is 50.9 Å². The quantitative estimate of drug-likeness (QED) is 0.0827. The number of rotatable bonds is 17. The lowest BCUT2D eigenvalue weighted by atomic mass is 10.0. The van der Waals surface area contributed by atoms with Gasteiger partial charge in [-0.2, -0.15) is 0 Å². The molecule has 6 rings (SSSR count). The maximum Gasteiger partial charge on any atom is 0.573 e. The van der Waals surface area contributed by atoms with E-state index in [1.54, 1.807) is 24.3 Å². The lowest BCUT2D eigenvalue weighted by Gasteiger charge is -2.27. The van der Waals surface area contributed by atoms with Crippen LogP contribution < -0.4 is 25.4 Å². The van der Waals surface area contributed by atoms with Crippen molar-refractivity contribution >= 4 is 40.8 Å². The molecule has 3 aromatic carbocycles. The van der Waals surface area contributed by atoms with Gasteiger partial charge in [0.25, 0.3) is 11.8 Å². The zero-order chi connectivity index (χ0) is 38.1. The number of unbranched alkanes of at least 4 members (excludes halogenated alkanes) is 2. The van der Waals surface area contributed by atoms with Crippen LogP contribution in [0.25, 0.3) is 11.3 Å². The maximum absolute atomic E-state index is 13.2. The molecule has 2 aliphatic heterocycles. The Bertz CT molecular complexity index is 1990. The summed E-state index contributed by atoms with van der Waals surface area (Å²) in [6.45, 7) is 2.18. The summed E-state index contributed by atoms with van der Waals surface area (Å²) in [5.41, 5.74) is 2.96. The number of amides is 4. The van der Waals surface area contributed by atoms with Gasteiger partial charge in [-0.15, -0.1) is 13.2 Å². The number of piperidine rings is 1. The zero-order valence-corrected chi connectivity index (χ0v) is 29.0. The Morgan fingerprint density at radius 1 is 0.833 bits per heavy atom. The molecule has 282 valence electrons. The molecule has 0 radical (unpaired) electrons. The van der Waals surface area contributed by atoms with E-state index < -0.39 is 36.0 Å². The monoisotopic (exact) mass is 746 g/mol. The number of halogens is 3. The number of nitrogens with zero attached hydrogens (tertiary/aromatic N) is 3. The summed E-state index contributed by atoms with van der Waals surface area (Å²) < 4.78 is 52.9. The average Bonchev–Trinajstić information content (AvgIpc) is 3.40. The third-order valence-electron chi connectivity index (χ3n) is 8.61. The molecule has 2 aliphatic rings. The van der Waals surface area contributed by atoms with Crippen molar-refractivity contribution in [3.05, 3.63) is 90.3 Å². The van der Waals surface area contributed by atoms with Crippen LogP contribution in [0.3, 0.4) is 0 Å². The average molecular weight is 747 g/mol. The fourth-order valence-corrected chi connectivity index (χ4v) is 6.03. The van der Waals surface area contributed by atoms with Crippen molar-refractivity contribution < 1.29 is 46.6 Å². The van der Waals surface area contributed by atoms with Gasteiger partial charge in [0.2, 0.25) is 11.8 Å². The van der Waals surface area contributed by atoms with Crippen LogP contribution in [0.2, 0.25) is 0 Å². The molecular weight excluding hydrogens is 709 g/mol. The van der Waals surface area contributed by atoms with Gasteiger partial charge in [0.15, 0.2) is 0 Å². The highest BCUT2D eigenvalue weighted by molar-refractivity contribution is 6.25. The Morgan fingerprint density at radius 3 is 2.37 bits per heavy atom. The van der Waals surface area contributed by atoms with E-state index in [1.165, 1.54) is 30.6 Å². The van der Waals surface area contributed by atoms with E-state index in [4.69, 9.17) is 9.47 Å². The molecule has 4 amide bonds. The number of aromatic nitrogens is 2. The molecule has 1 fully saturated rings. The van der Waals surface area contributed by atoms with Crippen molar-refractivity contribution in [1.29, 1.82) is 0 Å². The fraction of sp³-hybridized carbons (Fsp3) is 0.316. The Hall–Kier alpha value is -6.03. The molecule has 0 spiro atoms. The number of alkyl halides is 3. The van der Waals surface area contributed by atoms with E-state index in [0.29, 0.717) is 55.0 Å². The maximum atomic E-state index is 13.2. The van der Waals surface area contributed by atoms with E-state index >= 15 is 0 Å². The van der Waals surface area contributed by atoms with E-state index in [1.807, 2.05) is 24.3 Å². The van der Waals surface area contributed by atoms with Crippen LogP contribution in [0.5, 0.6) is 11.5 Å². The minimum absolute atomic E-state index is 0.0631. The third kappa shape index (κ3) is 9.69. The lowest BCUT2D eigenvalue weighted by molar-refractivity contribution is -0.274. The van der Waals surface area contributed by atoms with Crippen LogP contribution in [0.1, 0.15) is 59.2 Å². The molecule has 3 N–H and O–H groups in total. The normalized spacial score (nSPS) is 15.5. The van der Waals surface area contributed by atoms with Crippen molar-refractivity contribution in [3.8, 4) is 22.8 Å². The molecule has 0 saturated carbocycles. The number of benzene rings is 3. The summed E-state index contributed by atoms with van der Waals surface area (Å²) in [7, 11) is 0. The Kier molecular flexibility index (Phi) is 12.0. The number of hydrogen-bond acceptors (Lipinski definition) is 11. The van der Waals surface area contributed by atoms with Gasteiger partial charge in [-0.25, -0.2) is 9.97 Å². The summed E-state index contributed by atoms with van der Waals surface area (Å²) in [4.78, 5) is 59.6. The summed E-state index contributed by atoms with van der Waals surface area (Å²) >= 11 is 0. The predicted molar refractivity (Wildman–Crippen MR) is 190 cm³/mol. The molecule has 16 heteroatoms. The van der Waals surface area contributed by atoms with Crippen LogP contribution in [0.15, 0.2) is 79.1 Å². The molecule has 0 aliphatic carbocycles. The zero-order valence-electron chi connectivity index (χ0n) is 29.0. The SMILES string of the molecule is O=C1CCC(N2C(=O)c3cccc(NCCCCOCCCCOc4cccc(-c5cc(Nc6ccc(OC(F)(F)F)cc6)ncn5)c4)c3C2=O)C(=O)N1. The van der Waals surface area contributed by atoms with Crippen molar-refractivity contribution in [3.63, 3.8) is 0 Å². The second-order valence-electron chi connectivity index (χ2n) is 12.5. The first-order valence-corrected chi connectivity index (χ1v) is 17.4. The summed E-state index contributed by atoms with van der Waals surface area (Å²) in [5, 5.41) is 8.49. The van der Waals surface area contributed by atoms with Crippen molar-refractivity contribution in [2.75, 3.05) is 37.0 Å². The number of fused-ring (bicyclic) bond motifs is 1. The molecule has 4 aromatic rings. The summed E-state index contributed by atoms with van der Waals surface area (Å²) in [6, 6.07) is 18.5. The fourth-order valence-electron chi connectivity index (χ4n) is 6.03. The highest BCUT2D eigenvalue weighted by atomic mass is 19.4. The van der Waals surface area contributed by atoms with E-state index in [2.05, 4.69) is 30.7 Å². The highest BCUT2D eigenvalue weighted by Crippen LogP contribution is 2.33. The molecule has 13 nitrogen and oxygen atoms in total. The summed E-state index contributed by atoms with van der Waals surface area (Å²) in [5.74, 6) is -1.33. The van der Waals surface area contributed by atoms with E-state index in [0.717, 1.165) is 36.1 Å². The topological polar surface area (TPSA) is 161 Å². The molecule has 54 heavy (non-hydrogen) atoms. The number of anilines is 3. The molecule has 1 atom stereocenters. The standard InChI is InChI=1S/C38H37F3N6O7/c39-38(40,41)54-26-13-11-25(12-14-26)45-32-22-30(43-23-44-32)24-7-5-8-27(21-24)53-20-4-3-19-52-18-2-1-17-42-29-10-6-9-28-34(29)37(51)47(36(28)50)31-15-16-33(48)46-35(31)49/h5-14,21-23,31,42H,1-4,15-20H2,(H,43,44,45)(H,46,48,49).